The Morgan fingerprint density at radius 3 is 2.70 bits per heavy atom. The first-order chi connectivity index (χ1) is 13.2. The molecule has 0 unspecified atom stereocenters. The Balaban J connectivity index is 1.96. The minimum absolute atomic E-state index is 0.194. The van der Waals surface area contributed by atoms with E-state index in [0.29, 0.717) is 35.5 Å². The van der Waals surface area contributed by atoms with Gasteiger partial charge >= 0.3 is 0 Å². The molecule has 6 heteroatoms. The van der Waals surface area contributed by atoms with Gasteiger partial charge in [0.25, 0.3) is 11.5 Å². The van der Waals surface area contributed by atoms with Crippen LogP contribution >= 0.6 is 0 Å². The molecule has 0 saturated carbocycles. The third kappa shape index (κ3) is 3.01. The Labute approximate surface area is 155 Å². The molecule has 0 bridgehead atoms. The lowest BCUT2D eigenvalue weighted by molar-refractivity contribution is 0.0949. The fourth-order valence-corrected chi connectivity index (χ4v) is 3.12. The number of amides is 1. The van der Waals surface area contributed by atoms with Crippen molar-refractivity contribution in [3.8, 4) is 0 Å². The number of nitrogens with one attached hydrogen (secondary N) is 1. The highest BCUT2D eigenvalue weighted by atomic mass is 16.2. The number of pyridine rings is 1. The summed E-state index contributed by atoms with van der Waals surface area (Å²) in [6.45, 7) is 4.41. The van der Waals surface area contributed by atoms with Crippen LogP contribution in [0.2, 0.25) is 0 Å². The molecule has 0 aliphatic heterocycles. The van der Waals surface area contributed by atoms with E-state index in [1.807, 2.05) is 36.4 Å². The van der Waals surface area contributed by atoms with Crippen molar-refractivity contribution < 1.29 is 4.79 Å². The van der Waals surface area contributed by atoms with Crippen LogP contribution in [0.3, 0.4) is 0 Å². The van der Waals surface area contributed by atoms with Crippen LogP contribution in [0.1, 0.15) is 16.1 Å². The number of hydrogen-bond donors (Lipinski definition) is 1. The number of nitrogens with zero attached hydrogens (tertiary/aromatic N) is 3. The Morgan fingerprint density at radius 1 is 1.15 bits per heavy atom. The molecule has 0 atom stereocenters. The number of carbonyl (C=O) groups is 1. The molecule has 0 radical (unpaired) electrons. The summed E-state index contributed by atoms with van der Waals surface area (Å²) in [6, 6.07) is 16.8. The molecule has 0 fully saturated rings. The predicted octanol–water partition coefficient (Wildman–Crippen LogP) is 2.61. The van der Waals surface area contributed by atoms with E-state index in [2.05, 4.69) is 16.9 Å². The van der Waals surface area contributed by atoms with Gasteiger partial charge in [-0.15, -0.1) is 6.58 Å². The Kier molecular flexibility index (Phi) is 4.30. The zero-order valence-corrected chi connectivity index (χ0v) is 14.6. The molecule has 27 heavy (non-hydrogen) atoms. The van der Waals surface area contributed by atoms with Crippen LogP contribution in [0.25, 0.3) is 16.7 Å². The number of aromatic nitrogens is 3. The van der Waals surface area contributed by atoms with Gasteiger partial charge in [-0.3, -0.25) is 14.0 Å². The lowest BCUT2D eigenvalue weighted by Gasteiger charge is -2.10. The molecule has 1 aromatic carbocycles. The Morgan fingerprint density at radius 2 is 1.93 bits per heavy atom. The van der Waals surface area contributed by atoms with Gasteiger partial charge in [0.2, 0.25) is 0 Å². The van der Waals surface area contributed by atoms with Crippen LogP contribution in [-0.4, -0.2) is 26.4 Å². The van der Waals surface area contributed by atoms with Crippen LogP contribution in [-0.2, 0) is 6.54 Å². The van der Waals surface area contributed by atoms with Crippen LogP contribution in [0.4, 0.5) is 0 Å². The molecule has 1 N–H and O–H groups in total. The van der Waals surface area contributed by atoms with Crippen molar-refractivity contribution in [3.63, 3.8) is 0 Å². The summed E-state index contributed by atoms with van der Waals surface area (Å²) in [5, 5.41) is 3.20. The summed E-state index contributed by atoms with van der Waals surface area (Å²) in [4.78, 5) is 30.2. The van der Waals surface area contributed by atoms with Gasteiger partial charge in [-0.05, 0) is 23.8 Å². The molecule has 6 nitrogen and oxygen atoms in total. The maximum atomic E-state index is 12.9. The van der Waals surface area contributed by atoms with Gasteiger partial charge in [0.15, 0.2) is 0 Å². The van der Waals surface area contributed by atoms with Gasteiger partial charge < -0.3 is 9.88 Å². The predicted molar refractivity (Wildman–Crippen MR) is 105 cm³/mol. The molecule has 0 spiro atoms. The maximum Gasteiger partial charge on any atom is 0.268 e. The molecule has 3 aromatic heterocycles. The third-order valence-electron chi connectivity index (χ3n) is 4.40. The first kappa shape index (κ1) is 16.8. The fourth-order valence-electron chi connectivity index (χ4n) is 3.12. The minimum Gasteiger partial charge on any atom is -0.347 e. The van der Waals surface area contributed by atoms with Crippen molar-refractivity contribution in [1.82, 2.24) is 19.3 Å². The van der Waals surface area contributed by atoms with E-state index in [9.17, 15) is 9.59 Å². The number of rotatable bonds is 5. The van der Waals surface area contributed by atoms with E-state index < -0.39 is 0 Å². The number of carbonyl (C=O) groups excluding carboxylic acids is 1. The number of hydrogen-bond acceptors (Lipinski definition) is 3. The molecule has 4 aromatic rings. The first-order valence-electron chi connectivity index (χ1n) is 8.62. The van der Waals surface area contributed by atoms with E-state index in [1.165, 1.54) is 4.40 Å². The highest BCUT2D eigenvalue weighted by Crippen LogP contribution is 2.18. The van der Waals surface area contributed by atoms with Gasteiger partial charge in [0, 0.05) is 19.3 Å². The van der Waals surface area contributed by atoms with E-state index >= 15 is 0 Å². The Hall–Kier alpha value is -3.67. The van der Waals surface area contributed by atoms with Crippen molar-refractivity contribution in [2.75, 3.05) is 6.54 Å². The van der Waals surface area contributed by atoms with Gasteiger partial charge in [-0.25, -0.2) is 4.98 Å². The fraction of sp³-hybridized carbons (Fsp3) is 0.0952. The zero-order valence-electron chi connectivity index (χ0n) is 14.6. The highest BCUT2D eigenvalue weighted by Gasteiger charge is 2.19. The minimum atomic E-state index is -0.266. The molecular weight excluding hydrogens is 340 g/mol. The van der Waals surface area contributed by atoms with Gasteiger partial charge in [-0.2, -0.15) is 0 Å². The van der Waals surface area contributed by atoms with Crippen LogP contribution in [0.15, 0.2) is 78.2 Å². The normalized spacial score (nSPS) is 11.0. The summed E-state index contributed by atoms with van der Waals surface area (Å²) in [5.74, 6) is -0.266. The molecule has 3 heterocycles. The van der Waals surface area contributed by atoms with Crippen molar-refractivity contribution in [2.24, 2.45) is 0 Å². The lowest BCUT2D eigenvalue weighted by atomic mass is 10.2. The van der Waals surface area contributed by atoms with Gasteiger partial charge in [0.05, 0.1) is 5.39 Å². The molecular formula is C21H18N4O2. The topological polar surface area (TPSA) is 68.4 Å². The van der Waals surface area contributed by atoms with E-state index in [0.717, 1.165) is 5.56 Å². The van der Waals surface area contributed by atoms with E-state index in [-0.39, 0.29) is 11.5 Å². The van der Waals surface area contributed by atoms with Crippen molar-refractivity contribution in [1.29, 1.82) is 0 Å². The van der Waals surface area contributed by atoms with Crippen LogP contribution < -0.4 is 10.9 Å². The monoisotopic (exact) mass is 358 g/mol. The maximum absolute atomic E-state index is 12.9. The molecule has 1 amide bonds. The summed E-state index contributed by atoms with van der Waals surface area (Å²) in [5.41, 5.74) is 2.26. The first-order valence-corrected chi connectivity index (χ1v) is 8.62. The van der Waals surface area contributed by atoms with Crippen LogP contribution in [0.5, 0.6) is 0 Å². The SMILES string of the molecule is C=CCNC(=O)c1cc2c(=O)n3ccccc3nc2n1Cc1ccccc1. The second-order valence-corrected chi connectivity index (χ2v) is 6.18. The van der Waals surface area contributed by atoms with E-state index in [1.54, 1.807) is 35.0 Å². The average Bonchev–Trinajstić information content (AvgIpc) is 3.06. The third-order valence-corrected chi connectivity index (χ3v) is 4.40. The lowest BCUT2D eigenvalue weighted by Crippen LogP contribution is -2.26. The zero-order chi connectivity index (χ0) is 18.8. The van der Waals surface area contributed by atoms with Crippen LogP contribution in [0, 0.1) is 0 Å². The summed E-state index contributed by atoms with van der Waals surface area (Å²) in [7, 11) is 0. The average molecular weight is 358 g/mol. The molecule has 0 aliphatic carbocycles. The van der Waals surface area contributed by atoms with Crippen molar-refractivity contribution in [3.05, 3.63) is 95.1 Å². The van der Waals surface area contributed by atoms with Gasteiger partial charge in [-0.1, -0.05) is 42.5 Å². The second kappa shape index (κ2) is 6.92. The number of fused-ring (bicyclic) bond motifs is 2. The molecule has 4 rings (SSSR count). The van der Waals surface area contributed by atoms with Gasteiger partial charge in [0.1, 0.15) is 17.0 Å². The smallest absolute Gasteiger partial charge is 0.268 e. The summed E-state index contributed by atoms with van der Waals surface area (Å²) in [6.07, 6.45) is 3.29. The summed E-state index contributed by atoms with van der Waals surface area (Å²) >= 11 is 0. The molecule has 134 valence electrons. The van der Waals surface area contributed by atoms with Crippen molar-refractivity contribution >= 4 is 22.6 Å². The summed E-state index contributed by atoms with van der Waals surface area (Å²) < 4.78 is 3.28. The van der Waals surface area contributed by atoms with Crippen molar-refractivity contribution in [2.45, 2.75) is 6.54 Å². The highest BCUT2D eigenvalue weighted by molar-refractivity contribution is 5.98. The number of benzene rings is 1. The standard InChI is InChI=1S/C21H18N4O2/c1-2-11-22-20(26)17-13-16-19(25(17)14-15-8-4-3-5-9-15)23-18-10-6-7-12-24(18)21(16)27/h2-10,12-13H,1,11,14H2,(H,22,26). The van der Waals surface area contributed by atoms with E-state index in [4.69, 9.17) is 0 Å². The largest absolute Gasteiger partial charge is 0.347 e. The Bertz CT molecular complexity index is 1210. The molecule has 0 saturated heterocycles. The molecule has 0 aliphatic rings. The quantitative estimate of drug-likeness (QED) is 0.558. The second-order valence-electron chi connectivity index (χ2n) is 6.18.